The Kier molecular flexibility index (Phi) is 3.48. The molecule has 1 aromatic rings. The highest BCUT2D eigenvalue weighted by Crippen LogP contribution is 2.51. The predicted octanol–water partition coefficient (Wildman–Crippen LogP) is 4.02. The number of carbonyl (C=O) groups is 2. The monoisotopic (exact) mass is 337 g/mol. The largest absolute Gasteiger partial charge is 0.416 e. The molecule has 128 valence electrons. The number of halogens is 3. The van der Waals surface area contributed by atoms with Crippen LogP contribution in [0.15, 0.2) is 24.3 Å². The maximum Gasteiger partial charge on any atom is 0.416 e. The molecule has 0 aromatic heterocycles. The van der Waals surface area contributed by atoms with E-state index in [0.717, 1.165) is 49.1 Å². The van der Waals surface area contributed by atoms with Crippen LogP contribution in [0.4, 0.5) is 18.9 Å². The van der Waals surface area contributed by atoms with Crippen LogP contribution in [0.2, 0.25) is 0 Å². The molecule has 0 spiro atoms. The van der Waals surface area contributed by atoms with Gasteiger partial charge >= 0.3 is 6.18 Å². The van der Waals surface area contributed by atoms with Crippen LogP contribution < -0.4 is 4.90 Å². The average molecular weight is 337 g/mol. The molecule has 1 aromatic carbocycles. The zero-order chi connectivity index (χ0) is 17.1. The Morgan fingerprint density at radius 2 is 1.50 bits per heavy atom. The van der Waals surface area contributed by atoms with Crippen LogP contribution in [0.25, 0.3) is 0 Å². The number of hydrogen-bond acceptors (Lipinski definition) is 2. The second-order valence-electron chi connectivity index (χ2n) is 7.14. The Bertz CT molecular complexity index is 666. The number of hydrogen-bond donors (Lipinski definition) is 0. The molecule has 4 atom stereocenters. The van der Waals surface area contributed by atoms with E-state index in [1.807, 2.05) is 0 Å². The second kappa shape index (κ2) is 5.33. The van der Waals surface area contributed by atoms with Gasteiger partial charge in [-0.3, -0.25) is 14.5 Å². The van der Waals surface area contributed by atoms with E-state index in [2.05, 4.69) is 0 Å². The van der Waals surface area contributed by atoms with Gasteiger partial charge in [-0.05, 0) is 55.7 Å². The minimum Gasteiger partial charge on any atom is -0.274 e. The number of anilines is 1. The Labute approximate surface area is 137 Å². The molecule has 6 heteroatoms. The van der Waals surface area contributed by atoms with E-state index >= 15 is 0 Å². The number of nitrogens with zero attached hydrogens (tertiary/aromatic N) is 1. The third kappa shape index (κ3) is 2.26. The quantitative estimate of drug-likeness (QED) is 0.726. The van der Waals surface area contributed by atoms with E-state index in [1.165, 1.54) is 12.1 Å². The van der Waals surface area contributed by atoms with Gasteiger partial charge in [-0.2, -0.15) is 13.2 Å². The van der Waals surface area contributed by atoms with Crippen LogP contribution in [0.3, 0.4) is 0 Å². The Balaban J connectivity index is 1.73. The van der Waals surface area contributed by atoms with Crippen LogP contribution in [-0.4, -0.2) is 11.8 Å². The first-order valence-corrected chi connectivity index (χ1v) is 8.43. The predicted molar refractivity (Wildman–Crippen MR) is 81.0 cm³/mol. The summed E-state index contributed by atoms with van der Waals surface area (Å²) in [5, 5.41) is 0. The molecule has 2 amide bonds. The zero-order valence-electron chi connectivity index (χ0n) is 13.1. The van der Waals surface area contributed by atoms with E-state index in [1.54, 1.807) is 0 Å². The number of carbonyl (C=O) groups excluding carboxylic acids is 2. The van der Waals surface area contributed by atoms with Gasteiger partial charge in [0.15, 0.2) is 0 Å². The van der Waals surface area contributed by atoms with Crippen LogP contribution in [0.5, 0.6) is 0 Å². The summed E-state index contributed by atoms with van der Waals surface area (Å²) in [7, 11) is 0. The molecule has 3 aliphatic carbocycles. The van der Waals surface area contributed by atoms with Gasteiger partial charge in [0.05, 0.1) is 23.1 Å². The number of benzene rings is 1. The van der Waals surface area contributed by atoms with Crippen molar-refractivity contribution in [2.45, 2.75) is 38.3 Å². The number of amides is 2. The summed E-state index contributed by atoms with van der Waals surface area (Å²) >= 11 is 0. The zero-order valence-corrected chi connectivity index (χ0v) is 13.1. The van der Waals surface area contributed by atoms with Gasteiger partial charge in [-0.25, -0.2) is 0 Å². The van der Waals surface area contributed by atoms with Crippen molar-refractivity contribution in [2.24, 2.45) is 23.7 Å². The summed E-state index contributed by atoms with van der Waals surface area (Å²) in [6.45, 7) is 0. The Hall–Kier alpha value is -1.85. The van der Waals surface area contributed by atoms with E-state index in [0.29, 0.717) is 0 Å². The third-order valence-corrected chi connectivity index (χ3v) is 5.90. The minimum atomic E-state index is -4.49. The van der Waals surface area contributed by atoms with Crippen molar-refractivity contribution in [3.63, 3.8) is 0 Å². The normalized spacial score (nSPS) is 32.9. The molecule has 4 aliphatic rings. The van der Waals surface area contributed by atoms with E-state index in [9.17, 15) is 22.8 Å². The van der Waals surface area contributed by atoms with Crippen LogP contribution in [0.1, 0.15) is 37.7 Å². The van der Waals surface area contributed by atoms with Crippen molar-refractivity contribution in [2.75, 3.05) is 4.90 Å². The lowest BCUT2D eigenvalue weighted by Gasteiger charge is -2.32. The molecular formula is C18H18F3NO2. The van der Waals surface area contributed by atoms with Gasteiger partial charge in [-0.1, -0.05) is 12.5 Å². The lowest BCUT2D eigenvalue weighted by molar-refractivity contribution is -0.137. The lowest BCUT2D eigenvalue weighted by atomic mass is 9.69. The van der Waals surface area contributed by atoms with Gasteiger partial charge in [0.25, 0.3) is 0 Å². The molecule has 2 bridgehead atoms. The van der Waals surface area contributed by atoms with Gasteiger partial charge in [0.2, 0.25) is 11.8 Å². The fourth-order valence-corrected chi connectivity index (χ4v) is 4.86. The third-order valence-electron chi connectivity index (χ3n) is 5.90. The van der Waals surface area contributed by atoms with Gasteiger partial charge < -0.3 is 0 Å². The van der Waals surface area contributed by atoms with E-state index in [4.69, 9.17) is 0 Å². The molecule has 0 N–H and O–H groups in total. The van der Waals surface area contributed by atoms with Gasteiger partial charge in [0, 0.05) is 0 Å². The highest BCUT2D eigenvalue weighted by Gasteiger charge is 2.57. The molecule has 1 heterocycles. The van der Waals surface area contributed by atoms with E-state index in [-0.39, 0.29) is 41.2 Å². The SMILES string of the molecule is O=C1[C@@H]2[C@H]3CCC[C@H](CC3)[C@@H]2C(=O)N1c1cccc(C(F)(F)F)c1. The number of imide groups is 1. The van der Waals surface area contributed by atoms with Crippen molar-refractivity contribution in [1.29, 1.82) is 0 Å². The number of rotatable bonds is 1. The first-order chi connectivity index (χ1) is 11.4. The Morgan fingerprint density at radius 3 is 2.04 bits per heavy atom. The van der Waals surface area contributed by atoms with Gasteiger partial charge in [0.1, 0.15) is 0 Å². The molecule has 3 nitrogen and oxygen atoms in total. The summed E-state index contributed by atoms with van der Waals surface area (Å²) < 4.78 is 38.8. The molecule has 24 heavy (non-hydrogen) atoms. The molecule has 0 unspecified atom stereocenters. The number of fused-ring (bicyclic) bond motifs is 3. The molecule has 0 radical (unpaired) electrons. The summed E-state index contributed by atoms with van der Waals surface area (Å²) in [5.74, 6) is -0.898. The van der Waals surface area contributed by atoms with Crippen molar-refractivity contribution in [1.82, 2.24) is 0 Å². The molecule has 5 rings (SSSR count). The van der Waals surface area contributed by atoms with Crippen LogP contribution in [-0.2, 0) is 15.8 Å². The van der Waals surface area contributed by atoms with Crippen molar-refractivity contribution < 1.29 is 22.8 Å². The summed E-state index contributed by atoms with van der Waals surface area (Å²) in [6.07, 6.45) is 0.306. The topological polar surface area (TPSA) is 37.4 Å². The highest BCUT2D eigenvalue weighted by molar-refractivity contribution is 6.22. The minimum absolute atomic E-state index is 0.0484. The molecule has 4 fully saturated rings. The Morgan fingerprint density at radius 1 is 0.917 bits per heavy atom. The maximum absolute atomic E-state index is 12.9. The molecule has 1 saturated heterocycles. The fraction of sp³-hybridized carbons (Fsp3) is 0.556. The molecular weight excluding hydrogens is 319 g/mol. The lowest BCUT2D eigenvalue weighted by Crippen LogP contribution is -2.34. The second-order valence-corrected chi connectivity index (χ2v) is 7.14. The average Bonchev–Trinajstić information content (AvgIpc) is 2.74. The van der Waals surface area contributed by atoms with Crippen LogP contribution in [0, 0.1) is 23.7 Å². The van der Waals surface area contributed by atoms with Crippen molar-refractivity contribution in [3.8, 4) is 0 Å². The maximum atomic E-state index is 12.9. The summed E-state index contributed by atoms with van der Waals surface area (Å²) in [6, 6.07) is 4.53. The van der Waals surface area contributed by atoms with Gasteiger partial charge in [-0.15, -0.1) is 0 Å². The summed E-state index contributed by atoms with van der Waals surface area (Å²) in [4.78, 5) is 26.8. The summed E-state index contributed by atoms with van der Waals surface area (Å²) in [5.41, 5.74) is -0.789. The standard InChI is InChI=1S/C18H18F3NO2/c19-18(20,21)12-5-2-6-13(9-12)22-16(23)14-10-3-1-4-11(8-7-10)15(14)17(22)24/h2,5-6,9-11,14-15H,1,3-4,7-8H2/t10-,11+,14+,15-. The molecule has 3 saturated carbocycles. The fourth-order valence-electron chi connectivity index (χ4n) is 4.86. The van der Waals surface area contributed by atoms with Crippen LogP contribution >= 0.6 is 0 Å². The first-order valence-electron chi connectivity index (χ1n) is 8.43. The molecule has 1 aliphatic heterocycles. The smallest absolute Gasteiger partial charge is 0.274 e. The highest BCUT2D eigenvalue weighted by atomic mass is 19.4. The van der Waals surface area contributed by atoms with E-state index < -0.39 is 11.7 Å². The van der Waals surface area contributed by atoms with Crippen molar-refractivity contribution >= 4 is 17.5 Å². The number of alkyl halides is 3. The first kappa shape index (κ1) is 15.7. The van der Waals surface area contributed by atoms with Crippen molar-refractivity contribution in [3.05, 3.63) is 29.8 Å².